The molecule has 2 heterocycles. The fraction of sp³-hybridized carbons (Fsp3) is 0.333. The summed E-state index contributed by atoms with van der Waals surface area (Å²) < 4.78 is 0. The van der Waals surface area contributed by atoms with Crippen LogP contribution in [0.3, 0.4) is 0 Å². The summed E-state index contributed by atoms with van der Waals surface area (Å²) in [6, 6.07) is 6.19. The molecule has 0 atom stereocenters. The second-order valence-corrected chi connectivity index (χ2v) is 5.82. The first-order chi connectivity index (χ1) is 11.3. The minimum Gasteiger partial charge on any atom is -0.367 e. The van der Waals surface area contributed by atoms with Crippen LogP contribution in [0.2, 0.25) is 0 Å². The van der Waals surface area contributed by atoms with Crippen molar-refractivity contribution in [3.8, 4) is 0 Å². The highest BCUT2D eigenvalue weighted by Crippen LogP contribution is 2.24. The molecule has 23 heavy (non-hydrogen) atoms. The van der Waals surface area contributed by atoms with Crippen LogP contribution < -0.4 is 4.90 Å². The van der Waals surface area contributed by atoms with Gasteiger partial charge >= 0.3 is 0 Å². The van der Waals surface area contributed by atoms with Crippen LogP contribution in [0.4, 0.5) is 5.69 Å². The third-order valence-electron chi connectivity index (χ3n) is 4.27. The minimum atomic E-state index is 0.962. The molecule has 0 unspecified atom stereocenters. The van der Waals surface area contributed by atoms with E-state index in [9.17, 15) is 0 Å². The van der Waals surface area contributed by atoms with Gasteiger partial charge in [0, 0.05) is 32.7 Å². The monoisotopic (exact) mass is 309 g/mol. The summed E-state index contributed by atoms with van der Waals surface area (Å²) in [6.45, 7) is 13.0. The third-order valence-corrected chi connectivity index (χ3v) is 4.27. The number of allylic oxidation sites excluding steroid dienone is 3. The van der Waals surface area contributed by atoms with Crippen molar-refractivity contribution in [1.29, 1.82) is 0 Å². The number of fused-ring (bicyclic) bond motifs is 1. The van der Waals surface area contributed by atoms with Gasteiger partial charge in [0.05, 0.1) is 11.2 Å². The molecular formula is C18H23N5. The van der Waals surface area contributed by atoms with Crippen molar-refractivity contribution in [3.05, 3.63) is 55.2 Å². The molecule has 0 aliphatic carbocycles. The Morgan fingerprint density at radius 1 is 1.26 bits per heavy atom. The largest absolute Gasteiger partial charge is 0.367 e. The molecule has 0 amide bonds. The van der Waals surface area contributed by atoms with Gasteiger partial charge in [-0.1, -0.05) is 48.2 Å². The van der Waals surface area contributed by atoms with E-state index in [2.05, 4.69) is 50.5 Å². The van der Waals surface area contributed by atoms with Crippen molar-refractivity contribution in [1.82, 2.24) is 20.3 Å². The molecular weight excluding hydrogens is 286 g/mol. The van der Waals surface area contributed by atoms with Crippen LogP contribution in [0, 0.1) is 0 Å². The van der Waals surface area contributed by atoms with E-state index in [-0.39, 0.29) is 0 Å². The van der Waals surface area contributed by atoms with Gasteiger partial charge in [-0.15, -0.1) is 5.10 Å². The van der Waals surface area contributed by atoms with Gasteiger partial charge in [0.15, 0.2) is 0 Å². The first kappa shape index (κ1) is 15.5. The average molecular weight is 309 g/mol. The smallest absolute Gasteiger partial charge is 0.136 e. The maximum atomic E-state index is 4.21. The van der Waals surface area contributed by atoms with Gasteiger partial charge in [0.1, 0.15) is 5.52 Å². The van der Waals surface area contributed by atoms with E-state index in [0.29, 0.717) is 0 Å². The van der Waals surface area contributed by atoms with E-state index in [4.69, 9.17) is 0 Å². The predicted octanol–water partition coefficient (Wildman–Crippen LogP) is 2.77. The maximum absolute atomic E-state index is 4.21. The summed E-state index contributed by atoms with van der Waals surface area (Å²) in [6.07, 6.45) is 6.77. The molecule has 1 aromatic carbocycles. The molecule has 1 N–H and O–H groups in total. The molecule has 1 aliphatic rings. The lowest BCUT2D eigenvalue weighted by Gasteiger charge is -2.36. The SMILES string of the molecule is C=CC=CC(=C)CCN1CCN(c2cccc3[nH]nnc23)CC1. The zero-order valence-corrected chi connectivity index (χ0v) is 13.4. The molecule has 5 heteroatoms. The van der Waals surface area contributed by atoms with Crippen LogP contribution in [0.15, 0.2) is 55.2 Å². The molecule has 3 rings (SSSR count). The van der Waals surface area contributed by atoms with Gasteiger partial charge in [-0.3, -0.25) is 10.00 Å². The molecule has 0 bridgehead atoms. The summed E-state index contributed by atoms with van der Waals surface area (Å²) in [7, 11) is 0. The predicted molar refractivity (Wildman–Crippen MR) is 95.6 cm³/mol. The highest BCUT2D eigenvalue weighted by molar-refractivity contribution is 5.87. The van der Waals surface area contributed by atoms with Crippen LogP contribution in [0.25, 0.3) is 11.0 Å². The zero-order chi connectivity index (χ0) is 16.1. The summed E-state index contributed by atoms with van der Waals surface area (Å²) in [5.41, 5.74) is 4.29. The molecule has 0 spiro atoms. The summed E-state index contributed by atoms with van der Waals surface area (Å²) in [5, 5.41) is 11.1. The Bertz CT molecular complexity index is 707. The number of anilines is 1. The zero-order valence-electron chi connectivity index (χ0n) is 13.4. The fourth-order valence-corrected chi connectivity index (χ4v) is 2.91. The Kier molecular flexibility index (Phi) is 4.88. The Hall–Kier alpha value is -2.40. The van der Waals surface area contributed by atoms with E-state index in [1.807, 2.05) is 18.2 Å². The van der Waals surface area contributed by atoms with Crippen LogP contribution in [0.1, 0.15) is 6.42 Å². The number of aromatic nitrogens is 3. The summed E-state index contributed by atoms with van der Waals surface area (Å²) in [4.78, 5) is 4.89. The number of nitrogens with one attached hydrogen (secondary N) is 1. The van der Waals surface area contributed by atoms with Crippen LogP contribution in [-0.2, 0) is 0 Å². The number of hydrogen-bond donors (Lipinski definition) is 1. The van der Waals surface area contributed by atoms with Gasteiger partial charge in [-0.05, 0) is 18.6 Å². The standard InChI is InChI=1S/C18H23N5/c1-3-4-6-15(2)9-10-22-11-13-23(14-12-22)17-8-5-7-16-18(17)20-21-19-16/h3-8H,1-2,9-14H2,(H,19,20,21). The Morgan fingerprint density at radius 3 is 2.87 bits per heavy atom. The normalized spacial score (nSPS) is 16.3. The molecule has 1 aliphatic heterocycles. The molecule has 1 fully saturated rings. The minimum absolute atomic E-state index is 0.962. The first-order valence-corrected chi connectivity index (χ1v) is 8.02. The Morgan fingerprint density at radius 2 is 2.09 bits per heavy atom. The number of rotatable bonds is 6. The molecule has 0 radical (unpaired) electrons. The van der Waals surface area contributed by atoms with Gasteiger partial charge in [-0.2, -0.15) is 0 Å². The quantitative estimate of drug-likeness (QED) is 0.834. The second kappa shape index (κ2) is 7.24. The summed E-state index contributed by atoms with van der Waals surface area (Å²) >= 11 is 0. The summed E-state index contributed by atoms with van der Waals surface area (Å²) in [5.74, 6) is 0. The number of H-pyrrole nitrogens is 1. The van der Waals surface area contributed by atoms with E-state index in [1.165, 1.54) is 5.69 Å². The van der Waals surface area contributed by atoms with E-state index < -0.39 is 0 Å². The number of benzene rings is 1. The fourth-order valence-electron chi connectivity index (χ4n) is 2.91. The van der Waals surface area contributed by atoms with Crippen LogP contribution in [-0.4, -0.2) is 53.0 Å². The maximum Gasteiger partial charge on any atom is 0.136 e. The van der Waals surface area contributed by atoms with Crippen molar-refractivity contribution in [2.45, 2.75) is 6.42 Å². The van der Waals surface area contributed by atoms with Crippen LogP contribution >= 0.6 is 0 Å². The third kappa shape index (κ3) is 3.68. The topological polar surface area (TPSA) is 48.0 Å². The van der Waals surface area contributed by atoms with Crippen molar-refractivity contribution in [2.24, 2.45) is 0 Å². The lowest BCUT2D eigenvalue weighted by atomic mass is 10.1. The molecule has 1 saturated heterocycles. The van der Waals surface area contributed by atoms with E-state index >= 15 is 0 Å². The molecule has 1 aromatic heterocycles. The number of aromatic amines is 1. The second-order valence-electron chi connectivity index (χ2n) is 5.82. The van der Waals surface area contributed by atoms with Crippen LogP contribution in [0.5, 0.6) is 0 Å². The lowest BCUT2D eigenvalue weighted by Crippen LogP contribution is -2.46. The van der Waals surface area contributed by atoms with Crippen molar-refractivity contribution < 1.29 is 0 Å². The van der Waals surface area contributed by atoms with Crippen molar-refractivity contribution in [3.63, 3.8) is 0 Å². The van der Waals surface area contributed by atoms with Crippen molar-refractivity contribution >= 4 is 16.7 Å². The number of nitrogens with zero attached hydrogens (tertiary/aromatic N) is 4. The lowest BCUT2D eigenvalue weighted by molar-refractivity contribution is 0.261. The number of hydrogen-bond acceptors (Lipinski definition) is 4. The Balaban J connectivity index is 1.54. The van der Waals surface area contributed by atoms with Gasteiger partial charge in [0.25, 0.3) is 0 Å². The molecule has 5 nitrogen and oxygen atoms in total. The van der Waals surface area contributed by atoms with Crippen molar-refractivity contribution in [2.75, 3.05) is 37.6 Å². The van der Waals surface area contributed by atoms with Gasteiger partial charge in [0.2, 0.25) is 0 Å². The molecule has 0 saturated carbocycles. The number of piperazine rings is 1. The van der Waals surface area contributed by atoms with Gasteiger partial charge in [-0.25, -0.2) is 0 Å². The average Bonchev–Trinajstić information content (AvgIpc) is 3.07. The Labute approximate surface area is 137 Å². The van der Waals surface area contributed by atoms with E-state index in [1.54, 1.807) is 6.08 Å². The van der Waals surface area contributed by atoms with E-state index in [0.717, 1.165) is 55.8 Å². The molecule has 2 aromatic rings. The first-order valence-electron chi connectivity index (χ1n) is 8.02. The van der Waals surface area contributed by atoms with Gasteiger partial charge < -0.3 is 4.90 Å². The highest BCUT2D eigenvalue weighted by atomic mass is 15.3. The molecule has 120 valence electrons. The highest BCUT2D eigenvalue weighted by Gasteiger charge is 2.19.